The molecule has 0 radical (unpaired) electrons. The van der Waals surface area contributed by atoms with Crippen molar-refractivity contribution in [3.05, 3.63) is 105 Å². The molecule has 1 amide bonds. The highest BCUT2D eigenvalue weighted by atomic mass is 35.5. The number of amides is 1. The van der Waals surface area contributed by atoms with Crippen molar-refractivity contribution in [3.63, 3.8) is 0 Å². The third kappa shape index (κ3) is 3.78. The van der Waals surface area contributed by atoms with Crippen molar-refractivity contribution in [2.24, 2.45) is 5.92 Å². The van der Waals surface area contributed by atoms with Crippen LogP contribution in [0.2, 0.25) is 10.0 Å². The fourth-order valence-corrected chi connectivity index (χ4v) is 4.90. The number of nitrogens with one attached hydrogen (secondary N) is 1. The molecule has 5 rings (SSSR count). The van der Waals surface area contributed by atoms with Crippen LogP contribution >= 0.6 is 23.2 Å². The predicted molar refractivity (Wildman–Crippen MR) is 123 cm³/mol. The van der Waals surface area contributed by atoms with Crippen LogP contribution in [-0.4, -0.2) is 16.9 Å². The van der Waals surface area contributed by atoms with Crippen LogP contribution in [0.5, 0.6) is 0 Å². The maximum atomic E-state index is 13.1. The summed E-state index contributed by atoms with van der Waals surface area (Å²) in [5.41, 5.74) is 4.49. The number of fused-ring (bicyclic) bond motifs is 1. The summed E-state index contributed by atoms with van der Waals surface area (Å²) in [6, 6.07) is 9.76. The van der Waals surface area contributed by atoms with Crippen molar-refractivity contribution in [3.8, 4) is 0 Å². The molecule has 7 heteroatoms. The lowest BCUT2D eigenvalue weighted by Gasteiger charge is -2.35. The van der Waals surface area contributed by atoms with E-state index in [1.807, 2.05) is 48.6 Å². The predicted octanol–water partition coefficient (Wildman–Crippen LogP) is 5.75. The van der Waals surface area contributed by atoms with Crippen molar-refractivity contribution >= 4 is 40.8 Å². The molecule has 2 unspecified atom stereocenters. The van der Waals surface area contributed by atoms with Gasteiger partial charge in [-0.2, -0.15) is 0 Å². The van der Waals surface area contributed by atoms with Gasteiger partial charge in [-0.25, -0.2) is 0 Å². The Morgan fingerprint density at radius 1 is 1.16 bits per heavy atom. The van der Waals surface area contributed by atoms with E-state index >= 15 is 0 Å². The molecule has 2 heterocycles. The number of carbonyl (C=O) groups excluding carboxylic acids is 2. The minimum absolute atomic E-state index is 0.0714. The maximum absolute atomic E-state index is 13.1. The topological polar surface area (TPSA) is 68.3 Å². The Morgan fingerprint density at radius 3 is 2.66 bits per heavy atom. The van der Waals surface area contributed by atoms with Gasteiger partial charge in [-0.05, 0) is 34.8 Å². The number of rotatable bonds is 4. The van der Waals surface area contributed by atoms with E-state index in [0.717, 1.165) is 16.7 Å². The molecule has 1 aromatic heterocycles. The van der Waals surface area contributed by atoms with Gasteiger partial charge in [0.05, 0.1) is 21.7 Å². The van der Waals surface area contributed by atoms with Crippen LogP contribution in [0.4, 0.5) is 5.69 Å². The van der Waals surface area contributed by atoms with Gasteiger partial charge in [0, 0.05) is 24.7 Å². The lowest BCUT2D eigenvalue weighted by atomic mass is 9.73. The summed E-state index contributed by atoms with van der Waals surface area (Å²) < 4.78 is 5.72. The molecular formula is C25H18Cl2N2O3. The van der Waals surface area contributed by atoms with Crippen LogP contribution in [0.1, 0.15) is 24.3 Å². The first-order chi connectivity index (χ1) is 15.5. The van der Waals surface area contributed by atoms with E-state index in [9.17, 15) is 9.59 Å². The van der Waals surface area contributed by atoms with E-state index in [-0.39, 0.29) is 34.0 Å². The molecule has 1 aliphatic heterocycles. The number of anilines is 1. The standard InChI is InChI=1S/C25H18Cl2N2O3/c26-19-12-28-13-20(27)24(19)29-22(30)11-18-23(14-5-2-1-3-6-14)17-9-15-7-4-8-16(15)10-21(17)32-25(18)31/h1-8,10,12-13,18,23H,9,11H2,(H,28,29,30). The number of hydrogen-bond donors (Lipinski definition) is 1. The molecule has 0 spiro atoms. The second kappa shape index (κ2) is 8.41. The fraction of sp³-hybridized carbons (Fsp3) is 0.160. The molecule has 0 saturated heterocycles. The Morgan fingerprint density at radius 2 is 1.91 bits per heavy atom. The van der Waals surface area contributed by atoms with E-state index in [2.05, 4.69) is 16.4 Å². The summed E-state index contributed by atoms with van der Waals surface area (Å²) in [5.74, 6) is -1.17. The largest absolute Gasteiger partial charge is 0.426 e. The third-order valence-electron chi connectivity index (χ3n) is 5.90. The molecule has 32 heavy (non-hydrogen) atoms. The Labute approximate surface area is 195 Å². The smallest absolute Gasteiger partial charge is 0.315 e. The second-order valence-corrected chi connectivity index (χ2v) is 8.68. The molecule has 0 bridgehead atoms. The van der Waals surface area contributed by atoms with Gasteiger partial charge in [-0.1, -0.05) is 71.8 Å². The van der Waals surface area contributed by atoms with E-state index in [1.54, 1.807) is 0 Å². The second-order valence-electron chi connectivity index (χ2n) is 7.86. The lowest BCUT2D eigenvalue weighted by molar-refractivity contribution is -0.147. The monoisotopic (exact) mass is 464 g/mol. The molecule has 5 nitrogen and oxygen atoms in total. The zero-order valence-corrected chi connectivity index (χ0v) is 18.4. The van der Waals surface area contributed by atoms with Gasteiger partial charge in [-0.3, -0.25) is 14.6 Å². The average Bonchev–Trinajstić information content (AvgIpc) is 3.23. The average molecular weight is 465 g/mol. The zero-order chi connectivity index (χ0) is 22.2. The highest BCUT2D eigenvalue weighted by Gasteiger charge is 2.42. The molecule has 2 atom stereocenters. The fourth-order valence-electron chi connectivity index (χ4n) is 4.44. The Hall–Kier alpha value is -3.15. The summed E-state index contributed by atoms with van der Waals surface area (Å²) in [4.78, 5) is 29.9. The number of hydrogen-bond acceptors (Lipinski definition) is 4. The number of halogens is 2. The Balaban J connectivity index is 1.49. The van der Waals surface area contributed by atoms with Gasteiger partial charge in [-0.15, -0.1) is 0 Å². The van der Waals surface area contributed by atoms with Crippen molar-refractivity contribution in [1.29, 1.82) is 0 Å². The normalized spacial score (nSPS) is 21.4. The van der Waals surface area contributed by atoms with Gasteiger partial charge < -0.3 is 10.1 Å². The summed E-state index contributed by atoms with van der Waals surface area (Å²) in [7, 11) is 0. The van der Waals surface area contributed by atoms with Gasteiger partial charge in [0.2, 0.25) is 5.91 Å². The lowest BCUT2D eigenvalue weighted by Crippen LogP contribution is -2.35. The van der Waals surface area contributed by atoms with E-state index in [4.69, 9.17) is 27.9 Å². The number of esters is 1. The van der Waals surface area contributed by atoms with Crippen LogP contribution < -0.4 is 5.32 Å². The summed E-state index contributed by atoms with van der Waals surface area (Å²) in [5, 5.41) is 3.19. The number of nitrogens with zero attached hydrogens (tertiary/aromatic N) is 1. The number of ether oxygens (including phenoxy) is 1. The van der Waals surface area contributed by atoms with Crippen LogP contribution in [0.3, 0.4) is 0 Å². The SMILES string of the molecule is O=C(CC1C(=O)OC2=C(CC3=CC=CC3=C2)C1c1ccccc1)Nc1c(Cl)cncc1Cl. The summed E-state index contributed by atoms with van der Waals surface area (Å²) in [6.45, 7) is 0. The molecule has 0 saturated carbocycles. The van der Waals surface area contributed by atoms with Crippen molar-refractivity contribution in [1.82, 2.24) is 4.98 Å². The molecule has 3 aliphatic rings. The molecule has 2 aliphatic carbocycles. The molecule has 160 valence electrons. The molecule has 2 aromatic rings. The minimum Gasteiger partial charge on any atom is -0.426 e. The first kappa shape index (κ1) is 20.7. The quantitative estimate of drug-likeness (QED) is 0.584. The Bertz CT molecular complexity index is 1220. The van der Waals surface area contributed by atoms with Crippen LogP contribution in [0.15, 0.2) is 89.5 Å². The molecule has 1 aromatic carbocycles. The molecular weight excluding hydrogens is 447 g/mol. The van der Waals surface area contributed by atoms with Crippen molar-refractivity contribution < 1.29 is 14.3 Å². The van der Waals surface area contributed by atoms with Crippen LogP contribution in [-0.2, 0) is 14.3 Å². The minimum atomic E-state index is -0.680. The highest BCUT2D eigenvalue weighted by Crippen LogP contribution is 2.47. The number of aromatic nitrogens is 1. The first-order valence-electron chi connectivity index (χ1n) is 10.2. The zero-order valence-electron chi connectivity index (χ0n) is 16.8. The van der Waals surface area contributed by atoms with Crippen molar-refractivity contribution in [2.75, 3.05) is 5.32 Å². The van der Waals surface area contributed by atoms with Gasteiger partial charge in [0.15, 0.2) is 0 Å². The summed E-state index contributed by atoms with van der Waals surface area (Å²) >= 11 is 12.3. The number of pyridine rings is 1. The van der Waals surface area contributed by atoms with Gasteiger partial charge in [0.1, 0.15) is 5.76 Å². The number of carbonyl (C=O) groups is 2. The first-order valence-corrected chi connectivity index (χ1v) is 10.9. The number of benzene rings is 1. The maximum Gasteiger partial charge on any atom is 0.315 e. The van der Waals surface area contributed by atoms with Crippen LogP contribution in [0, 0.1) is 5.92 Å². The highest BCUT2D eigenvalue weighted by molar-refractivity contribution is 6.39. The summed E-state index contributed by atoms with van der Waals surface area (Å²) in [6.07, 6.45) is 11.4. The van der Waals surface area contributed by atoms with Gasteiger partial charge >= 0.3 is 5.97 Å². The third-order valence-corrected chi connectivity index (χ3v) is 6.47. The van der Waals surface area contributed by atoms with E-state index in [1.165, 1.54) is 18.0 Å². The molecule has 0 fully saturated rings. The van der Waals surface area contributed by atoms with Gasteiger partial charge in [0.25, 0.3) is 0 Å². The van der Waals surface area contributed by atoms with E-state index < -0.39 is 11.9 Å². The Kier molecular flexibility index (Phi) is 5.45. The molecule has 1 N–H and O–H groups in total. The number of allylic oxidation sites excluding steroid dienone is 7. The van der Waals surface area contributed by atoms with E-state index in [0.29, 0.717) is 12.2 Å². The van der Waals surface area contributed by atoms with Crippen LogP contribution in [0.25, 0.3) is 0 Å². The van der Waals surface area contributed by atoms with Crippen molar-refractivity contribution in [2.45, 2.75) is 18.8 Å².